The van der Waals surface area contributed by atoms with Crippen LogP contribution in [0.2, 0.25) is 10.0 Å². The predicted octanol–water partition coefficient (Wildman–Crippen LogP) is 16.0. The Morgan fingerprint density at radius 3 is 1.60 bits per heavy atom. The minimum Gasteiger partial charge on any atom is -0.0837 e. The summed E-state index contributed by atoms with van der Waals surface area (Å²) in [5, 5.41) is 6.90. The van der Waals surface area contributed by atoms with Gasteiger partial charge in [0.15, 0.2) is 0 Å². The number of halogens is 2. The van der Waals surface area contributed by atoms with Gasteiger partial charge in [-0.1, -0.05) is 150 Å². The Balaban J connectivity index is 1.06. The lowest BCUT2D eigenvalue weighted by Crippen LogP contribution is -2.28. The summed E-state index contributed by atoms with van der Waals surface area (Å²) >= 11 is 14.4. The van der Waals surface area contributed by atoms with E-state index in [2.05, 4.69) is 175 Å². The lowest BCUT2D eigenvalue weighted by Gasteiger charge is -2.35. The number of benzene rings is 8. The molecule has 0 aromatic heterocycles. The molecule has 8 aromatic carbocycles. The average molecular weight is 788 g/mol. The van der Waals surface area contributed by atoms with Crippen molar-refractivity contribution in [1.82, 2.24) is 0 Å². The molecule has 0 nitrogen and oxygen atoms in total. The van der Waals surface area contributed by atoms with Gasteiger partial charge in [-0.15, -0.1) is 0 Å². The van der Waals surface area contributed by atoms with E-state index < -0.39 is 0 Å². The van der Waals surface area contributed by atoms with Gasteiger partial charge in [0.05, 0.1) is 0 Å². The van der Waals surface area contributed by atoms with Crippen LogP contribution in [-0.4, -0.2) is 0 Å². The third kappa shape index (κ3) is 4.23. The fraction of sp³-hybridized carbons (Fsp3) is 0.214. The Kier molecular flexibility index (Phi) is 6.80. The van der Waals surface area contributed by atoms with Crippen LogP contribution in [-0.2, 0) is 21.7 Å². The quantitative estimate of drug-likeness (QED) is 0.167. The lowest BCUT2D eigenvalue weighted by molar-refractivity contribution is 0.426. The Morgan fingerprint density at radius 2 is 0.845 bits per heavy atom. The molecule has 0 aliphatic heterocycles. The minimum absolute atomic E-state index is 0.133. The molecule has 4 aliphatic carbocycles. The summed E-state index contributed by atoms with van der Waals surface area (Å²) < 4.78 is 0. The smallest absolute Gasteiger partial charge is 0.0487 e. The first kappa shape index (κ1) is 34.9. The summed E-state index contributed by atoms with van der Waals surface area (Å²) in [6.45, 7) is 14.5. The second-order valence-corrected chi connectivity index (χ2v) is 19.9. The van der Waals surface area contributed by atoms with Gasteiger partial charge >= 0.3 is 0 Å². The summed E-state index contributed by atoms with van der Waals surface area (Å²) in [5.74, 6) is 0. The summed E-state index contributed by atoms with van der Waals surface area (Å²) in [7, 11) is 0. The second kappa shape index (κ2) is 11.3. The van der Waals surface area contributed by atoms with Crippen molar-refractivity contribution in [1.29, 1.82) is 0 Å². The molecule has 0 saturated carbocycles. The SMILES string of the molecule is CC1(C)c2cc3c(cc2-c2cc4ccccc4cc21)C(C)(CCC1(C)c2cc4c(cc2-c2ccc5ccccc5c21)C(C)(C)c1cccc(Cl)c1-4)c1cccc(Cl)c1-3. The van der Waals surface area contributed by atoms with Crippen LogP contribution < -0.4 is 0 Å². The van der Waals surface area contributed by atoms with E-state index in [0.717, 1.165) is 22.9 Å². The molecular formula is C56H44Cl2. The van der Waals surface area contributed by atoms with Crippen LogP contribution in [0, 0.1) is 0 Å². The molecule has 0 fully saturated rings. The lowest BCUT2D eigenvalue weighted by atomic mass is 9.68. The number of rotatable bonds is 3. The summed E-state index contributed by atoms with van der Waals surface area (Å²) in [6, 6.07) is 50.5. The van der Waals surface area contributed by atoms with E-state index in [4.69, 9.17) is 23.2 Å². The van der Waals surface area contributed by atoms with Gasteiger partial charge in [0, 0.05) is 42.8 Å². The number of hydrogen-bond acceptors (Lipinski definition) is 0. The normalized spacial score (nSPS) is 20.6. The van der Waals surface area contributed by atoms with E-state index in [1.165, 1.54) is 111 Å². The molecule has 2 atom stereocenters. The zero-order valence-corrected chi connectivity index (χ0v) is 35.4. The highest BCUT2D eigenvalue weighted by Gasteiger charge is 2.49. The van der Waals surface area contributed by atoms with Crippen molar-refractivity contribution >= 4 is 44.7 Å². The zero-order chi connectivity index (χ0) is 39.7. The minimum atomic E-state index is -0.264. The van der Waals surface area contributed by atoms with Crippen molar-refractivity contribution in [3.8, 4) is 44.5 Å². The molecule has 0 saturated heterocycles. The maximum absolute atomic E-state index is 7.28. The van der Waals surface area contributed by atoms with E-state index in [1.807, 2.05) is 0 Å². The van der Waals surface area contributed by atoms with Crippen LogP contribution in [0.5, 0.6) is 0 Å². The van der Waals surface area contributed by atoms with Gasteiger partial charge in [-0.25, -0.2) is 0 Å². The fourth-order valence-corrected chi connectivity index (χ4v) is 12.8. The van der Waals surface area contributed by atoms with Gasteiger partial charge in [-0.05, 0) is 161 Å². The number of fused-ring (bicyclic) bond motifs is 15. The van der Waals surface area contributed by atoms with E-state index in [9.17, 15) is 0 Å². The summed E-state index contributed by atoms with van der Waals surface area (Å²) in [6.07, 6.45) is 1.92. The topological polar surface area (TPSA) is 0 Å². The van der Waals surface area contributed by atoms with Gasteiger partial charge in [0.25, 0.3) is 0 Å². The summed E-state index contributed by atoms with van der Waals surface area (Å²) in [4.78, 5) is 0. The molecular weight excluding hydrogens is 744 g/mol. The van der Waals surface area contributed by atoms with E-state index in [0.29, 0.717) is 0 Å². The second-order valence-electron chi connectivity index (χ2n) is 19.1. The highest BCUT2D eigenvalue weighted by Crippen LogP contribution is 2.63. The Hall–Kier alpha value is -5.14. The first-order valence-electron chi connectivity index (χ1n) is 20.9. The molecule has 12 rings (SSSR count). The average Bonchev–Trinajstić information content (AvgIpc) is 3.80. The molecule has 4 aliphatic rings. The molecule has 0 heterocycles. The van der Waals surface area contributed by atoms with Gasteiger partial charge in [-0.2, -0.15) is 0 Å². The molecule has 2 unspecified atom stereocenters. The van der Waals surface area contributed by atoms with Gasteiger partial charge in [0.2, 0.25) is 0 Å². The van der Waals surface area contributed by atoms with E-state index in [1.54, 1.807) is 0 Å². The Morgan fingerprint density at radius 1 is 0.362 bits per heavy atom. The van der Waals surface area contributed by atoms with Crippen LogP contribution in [0.25, 0.3) is 66.1 Å². The number of hydrogen-bond donors (Lipinski definition) is 0. The van der Waals surface area contributed by atoms with E-state index in [-0.39, 0.29) is 21.7 Å². The van der Waals surface area contributed by atoms with Gasteiger partial charge < -0.3 is 0 Å². The first-order chi connectivity index (χ1) is 27.8. The maximum Gasteiger partial charge on any atom is 0.0487 e. The van der Waals surface area contributed by atoms with Crippen LogP contribution >= 0.6 is 23.2 Å². The predicted molar refractivity (Wildman–Crippen MR) is 246 cm³/mol. The van der Waals surface area contributed by atoms with Crippen molar-refractivity contribution in [2.75, 3.05) is 0 Å². The van der Waals surface area contributed by atoms with Crippen molar-refractivity contribution in [3.05, 3.63) is 188 Å². The van der Waals surface area contributed by atoms with Crippen molar-refractivity contribution in [2.24, 2.45) is 0 Å². The van der Waals surface area contributed by atoms with Crippen molar-refractivity contribution < 1.29 is 0 Å². The van der Waals surface area contributed by atoms with Crippen molar-refractivity contribution in [3.63, 3.8) is 0 Å². The molecule has 0 N–H and O–H groups in total. The molecule has 58 heavy (non-hydrogen) atoms. The fourth-order valence-electron chi connectivity index (χ4n) is 12.3. The monoisotopic (exact) mass is 786 g/mol. The maximum atomic E-state index is 7.28. The third-order valence-corrected chi connectivity index (χ3v) is 16.1. The van der Waals surface area contributed by atoms with Crippen molar-refractivity contribution in [2.45, 2.75) is 76.0 Å². The molecule has 0 bridgehead atoms. The molecule has 0 amide bonds. The van der Waals surface area contributed by atoms with Crippen LogP contribution in [0.15, 0.2) is 133 Å². The Labute approximate surface area is 351 Å². The molecule has 2 heteroatoms. The third-order valence-electron chi connectivity index (χ3n) is 15.4. The Bertz CT molecular complexity index is 3180. The highest BCUT2D eigenvalue weighted by atomic mass is 35.5. The zero-order valence-electron chi connectivity index (χ0n) is 33.9. The van der Waals surface area contributed by atoms with Crippen LogP contribution in [0.3, 0.4) is 0 Å². The molecule has 8 aromatic rings. The van der Waals surface area contributed by atoms with Gasteiger partial charge in [-0.3, -0.25) is 0 Å². The molecule has 0 radical (unpaired) electrons. The van der Waals surface area contributed by atoms with Crippen LogP contribution in [0.4, 0.5) is 0 Å². The van der Waals surface area contributed by atoms with E-state index >= 15 is 0 Å². The summed E-state index contributed by atoms with van der Waals surface area (Å²) in [5.41, 5.74) is 20.7. The highest BCUT2D eigenvalue weighted by molar-refractivity contribution is 6.34. The first-order valence-corrected chi connectivity index (χ1v) is 21.6. The largest absolute Gasteiger partial charge is 0.0837 e. The van der Waals surface area contributed by atoms with Gasteiger partial charge in [0.1, 0.15) is 0 Å². The molecule has 0 spiro atoms. The molecule has 282 valence electrons. The standard InChI is InChI=1S/C56H44Cl2/c1-53(2)41-17-11-19-48(57)50(41)39-30-46-37(27-45(39)53)35-22-21-31-13-9-10-16-34(31)52(35)56(46,6)24-23-55(5)42-18-12-20-49(58)51(42)40-29-44-38(28-47(40)55)36-25-32-14-7-8-15-33(32)26-43(36)54(44,3)4/h7-22,25-30H,23-24H2,1-6H3. The van der Waals surface area contributed by atoms with Crippen LogP contribution in [0.1, 0.15) is 98.9 Å².